The van der Waals surface area contributed by atoms with Crippen LogP contribution in [-0.2, 0) is 19.2 Å². The van der Waals surface area contributed by atoms with Crippen LogP contribution in [0.1, 0.15) is 66.2 Å². The molecule has 0 aromatic carbocycles. The van der Waals surface area contributed by atoms with Crippen molar-refractivity contribution in [3.63, 3.8) is 0 Å². The summed E-state index contributed by atoms with van der Waals surface area (Å²) in [5.74, 6) is -0.993. The highest BCUT2D eigenvalue weighted by Gasteiger charge is 2.09. The summed E-state index contributed by atoms with van der Waals surface area (Å²) in [4.78, 5) is 42.1. The van der Waals surface area contributed by atoms with Crippen LogP contribution in [0.25, 0.3) is 0 Å². The summed E-state index contributed by atoms with van der Waals surface area (Å²) in [5.41, 5.74) is 0. The Bertz CT molecular complexity index is 276. The molecule has 0 amide bonds. The lowest BCUT2D eigenvalue weighted by Gasteiger charge is -1.93. The van der Waals surface area contributed by atoms with Crippen LogP contribution >= 0.6 is 0 Å². The van der Waals surface area contributed by atoms with Crippen LogP contribution in [-0.4, -0.2) is 23.1 Å². The van der Waals surface area contributed by atoms with E-state index in [4.69, 9.17) is 0 Å². The number of Topliss-reactive ketones (excluding diaryl/α,β-unsaturated/α-hetero) is 4. The molecule has 0 bridgehead atoms. The fourth-order valence-corrected chi connectivity index (χ4v) is 1.14. The second-order valence-corrected chi connectivity index (χ2v) is 4.08. The molecule has 0 aromatic heterocycles. The summed E-state index contributed by atoms with van der Waals surface area (Å²) in [5, 5.41) is 0. The van der Waals surface area contributed by atoms with Crippen molar-refractivity contribution in [2.24, 2.45) is 0 Å². The van der Waals surface area contributed by atoms with E-state index in [0.29, 0.717) is 19.3 Å². The predicted octanol–water partition coefficient (Wildman–Crippen LogP) is 2.67. The third-order valence-corrected chi connectivity index (χ3v) is 2.13. The maximum absolute atomic E-state index is 10.8. The van der Waals surface area contributed by atoms with Crippen molar-refractivity contribution < 1.29 is 19.2 Å². The van der Waals surface area contributed by atoms with Gasteiger partial charge < -0.3 is 0 Å². The molecule has 0 fully saturated rings. The molecule has 0 aromatic rings. The molecule has 0 unspecified atom stereocenters. The first kappa shape index (κ1) is 19.0. The van der Waals surface area contributed by atoms with Crippen molar-refractivity contribution in [2.45, 2.75) is 66.2 Å². The Balaban J connectivity index is 0. The first-order valence-electron chi connectivity index (χ1n) is 6.50. The Labute approximate surface area is 109 Å². The molecular formula is C14H24O4. The van der Waals surface area contributed by atoms with Gasteiger partial charge in [0.15, 0.2) is 23.1 Å². The molecule has 0 rings (SSSR count). The maximum Gasteiger partial charge on any atom is 0.198 e. The topological polar surface area (TPSA) is 68.3 Å². The SMILES string of the molecule is CCCC(=O)C(=O)CCC.CCCC(=O)C(C)=O. The minimum atomic E-state index is -0.327. The van der Waals surface area contributed by atoms with Gasteiger partial charge in [0.25, 0.3) is 0 Å². The van der Waals surface area contributed by atoms with Gasteiger partial charge >= 0.3 is 0 Å². The van der Waals surface area contributed by atoms with Gasteiger partial charge in [0.1, 0.15) is 0 Å². The van der Waals surface area contributed by atoms with E-state index in [9.17, 15) is 19.2 Å². The maximum atomic E-state index is 10.8. The molecule has 4 heteroatoms. The van der Waals surface area contributed by atoms with E-state index in [-0.39, 0.29) is 23.1 Å². The molecule has 0 N–H and O–H groups in total. The molecule has 0 radical (unpaired) electrons. The number of hydrogen-bond donors (Lipinski definition) is 0. The Kier molecular flexibility index (Phi) is 12.8. The van der Waals surface area contributed by atoms with Crippen molar-refractivity contribution in [1.82, 2.24) is 0 Å². The van der Waals surface area contributed by atoms with Crippen molar-refractivity contribution >= 4 is 23.1 Å². The third-order valence-electron chi connectivity index (χ3n) is 2.13. The number of carbonyl (C=O) groups is 4. The quantitative estimate of drug-likeness (QED) is 0.626. The van der Waals surface area contributed by atoms with E-state index < -0.39 is 0 Å². The lowest BCUT2D eigenvalue weighted by atomic mass is 10.1. The summed E-state index contributed by atoms with van der Waals surface area (Å²) in [6.45, 7) is 6.98. The van der Waals surface area contributed by atoms with Crippen LogP contribution in [0.2, 0.25) is 0 Å². The lowest BCUT2D eigenvalue weighted by Crippen LogP contribution is -2.12. The largest absolute Gasteiger partial charge is 0.291 e. The molecule has 18 heavy (non-hydrogen) atoms. The molecule has 104 valence electrons. The van der Waals surface area contributed by atoms with Gasteiger partial charge in [-0.1, -0.05) is 20.8 Å². The Morgan fingerprint density at radius 3 is 1.06 bits per heavy atom. The van der Waals surface area contributed by atoms with Gasteiger partial charge in [0, 0.05) is 26.2 Å². The van der Waals surface area contributed by atoms with E-state index >= 15 is 0 Å². The Morgan fingerprint density at radius 2 is 0.889 bits per heavy atom. The van der Waals surface area contributed by atoms with Crippen LogP contribution in [0.5, 0.6) is 0 Å². The smallest absolute Gasteiger partial charge is 0.198 e. The average molecular weight is 256 g/mol. The molecule has 0 saturated carbocycles. The zero-order chi connectivity index (χ0) is 14.6. The average Bonchev–Trinajstić information content (AvgIpc) is 2.30. The van der Waals surface area contributed by atoms with Crippen molar-refractivity contribution in [3.05, 3.63) is 0 Å². The molecule has 4 nitrogen and oxygen atoms in total. The first-order chi connectivity index (χ1) is 8.40. The second kappa shape index (κ2) is 12.1. The van der Waals surface area contributed by atoms with Gasteiger partial charge in [0.2, 0.25) is 0 Å². The molecule has 0 atom stereocenters. The monoisotopic (exact) mass is 256 g/mol. The van der Waals surface area contributed by atoms with E-state index in [2.05, 4.69) is 0 Å². The minimum absolute atomic E-state index is 0.204. The normalized spacial score (nSPS) is 9.11. The second-order valence-electron chi connectivity index (χ2n) is 4.08. The zero-order valence-electron chi connectivity index (χ0n) is 11.9. The van der Waals surface area contributed by atoms with Gasteiger partial charge in [-0.3, -0.25) is 19.2 Å². The highest BCUT2D eigenvalue weighted by atomic mass is 16.2. The number of hydrogen-bond acceptors (Lipinski definition) is 4. The molecular weight excluding hydrogens is 232 g/mol. The van der Waals surface area contributed by atoms with Crippen LogP contribution in [0.4, 0.5) is 0 Å². The minimum Gasteiger partial charge on any atom is -0.291 e. The number of ketones is 4. The summed E-state index contributed by atoms with van der Waals surface area (Å²) in [7, 11) is 0. The van der Waals surface area contributed by atoms with E-state index in [1.54, 1.807) is 0 Å². The Hall–Kier alpha value is -1.32. The lowest BCUT2D eigenvalue weighted by molar-refractivity contribution is -0.136. The zero-order valence-corrected chi connectivity index (χ0v) is 11.9. The van der Waals surface area contributed by atoms with E-state index in [1.165, 1.54) is 6.92 Å². The predicted molar refractivity (Wildman–Crippen MR) is 70.4 cm³/mol. The standard InChI is InChI=1S/C8H14O2.C6H10O2/c1-3-5-7(9)8(10)6-4-2;1-3-4-6(8)5(2)7/h3-6H2,1-2H3;3-4H2,1-2H3. The third kappa shape index (κ3) is 11.2. The van der Waals surface area contributed by atoms with Gasteiger partial charge in [-0.25, -0.2) is 0 Å². The molecule has 0 saturated heterocycles. The number of rotatable bonds is 8. The van der Waals surface area contributed by atoms with Crippen LogP contribution in [0.3, 0.4) is 0 Å². The van der Waals surface area contributed by atoms with Crippen molar-refractivity contribution in [3.8, 4) is 0 Å². The fourth-order valence-electron chi connectivity index (χ4n) is 1.14. The summed E-state index contributed by atoms with van der Waals surface area (Å²) < 4.78 is 0. The first-order valence-corrected chi connectivity index (χ1v) is 6.50. The summed E-state index contributed by atoms with van der Waals surface area (Å²) in [6.07, 6.45) is 3.54. The van der Waals surface area contributed by atoms with Crippen LogP contribution < -0.4 is 0 Å². The molecule has 0 aliphatic rings. The van der Waals surface area contributed by atoms with E-state index in [0.717, 1.165) is 19.3 Å². The highest BCUT2D eigenvalue weighted by molar-refractivity contribution is 6.37. The molecule has 0 heterocycles. The van der Waals surface area contributed by atoms with Gasteiger partial charge in [-0.2, -0.15) is 0 Å². The molecule has 0 aliphatic heterocycles. The highest BCUT2D eigenvalue weighted by Crippen LogP contribution is 1.96. The fraction of sp³-hybridized carbons (Fsp3) is 0.714. The number of carbonyl (C=O) groups excluding carboxylic acids is 4. The van der Waals surface area contributed by atoms with Crippen LogP contribution in [0, 0.1) is 0 Å². The van der Waals surface area contributed by atoms with Gasteiger partial charge in [-0.05, 0) is 19.3 Å². The van der Waals surface area contributed by atoms with Crippen LogP contribution in [0.15, 0.2) is 0 Å². The molecule has 0 aliphatic carbocycles. The summed E-state index contributed by atoms with van der Waals surface area (Å²) in [6, 6.07) is 0. The van der Waals surface area contributed by atoms with Crippen molar-refractivity contribution in [2.75, 3.05) is 0 Å². The summed E-state index contributed by atoms with van der Waals surface area (Å²) >= 11 is 0. The van der Waals surface area contributed by atoms with Gasteiger partial charge in [0.05, 0.1) is 0 Å². The van der Waals surface area contributed by atoms with Crippen molar-refractivity contribution in [1.29, 1.82) is 0 Å². The van der Waals surface area contributed by atoms with E-state index in [1.807, 2.05) is 20.8 Å². The van der Waals surface area contributed by atoms with Gasteiger partial charge in [-0.15, -0.1) is 0 Å². The Morgan fingerprint density at radius 1 is 0.611 bits per heavy atom. The molecule has 0 spiro atoms.